The van der Waals surface area contributed by atoms with Gasteiger partial charge in [-0.15, -0.1) is 24.0 Å². The summed E-state index contributed by atoms with van der Waals surface area (Å²) in [7, 11) is -1.61. The first-order valence-corrected chi connectivity index (χ1v) is 7.96. The zero-order valence-electron chi connectivity index (χ0n) is 11.8. The van der Waals surface area contributed by atoms with Gasteiger partial charge in [0.15, 0.2) is 17.5 Å². The molecule has 0 radical (unpaired) electrons. The highest BCUT2D eigenvalue weighted by atomic mass is 127. The Kier molecular flexibility index (Phi) is 8.55. The molecule has 0 bridgehead atoms. The smallest absolute Gasteiger partial charge is 0.193 e. The first-order valence-electron chi connectivity index (χ1n) is 5.90. The standard InChI is InChI=1S/C12H18FN3O3S.HI/c1-19-11-5-4-9(8-10(11)13)16-12(14)15-6-3-7-20(2,17)18;/h4-5,8H,3,6-7H2,1-2H3,(H3,14,15,16);1H. The molecular weight excluding hydrogens is 412 g/mol. The van der Waals surface area contributed by atoms with Crippen LogP contribution in [0.1, 0.15) is 6.42 Å². The maximum Gasteiger partial charge on any atom is 0.193 e. The van der Waals surface area contributed by atoms with Crippen LogP contribution in [-0.4, -0.2) is 40.0 Å². The van der Waals surface area contributed by atoms with Crippen molar-refractivity contribution < 1.29 is 17.5 Å². The SMILES string of the molecule is COc1ccc(NC(N)=NCCCS(C)(=O)=O)cc1F.I. The summed E-state index contributed by atoms with van der Waals surface area (Å²) in [5.41, 5.74) is 6.05. The number of nitrogens with one attached hydrogen (secondary N) is 1. The number of halogens is 2. The summed E-state index contributed by atoms with van der Waals surface area (Å²) in [6.45, 7) is 0.282. The maximum absolute atomic E-state index is 13.4. The van der Waals surface area contributed by atoms with Crippen molar-refractivity contribution in [2.45, 2.75) is 6.42 Å². The quantitative estimate of drug-likeness (QED) is 0.309. The van der Waals surface area contributed by atoms with Crippen molar-refractivity contribution in [2.24, 2.45) is 10.7 Å². The third-order valence-electron chi connectivity index (χ3n) is 2.38. The lowest BCUT2D eigenvalue weighted by Crippen LogP contribution is -2.23. The number of nitrogens with two attached hydrogens (primary N) is 1. The molecule has 9 heteroatoms. The third-order valence-corrected chi connectivity index (χ3v) is 3.41. The number of guanidine groups is 1. The van der Waals surface area contributed by atoms with Crippen molar-refractivity contribution in [3.8, 4) is 5.75 Å². The van der Waals surface area contributed by atoms with E-state index in [0.717, 1.165) is 0 Å². The first kappa shape index (κ1) is 19.9. The summed E-state index contributed by atoms with van der Waals surface area (Å²) in [5.74, 6) is -0.217. The summed E-state index contributed by atoms with van der Waals surface area (Å²) in [6.07, 6.45) is 1.55. The van der Waals surface area contributed by atoms with Gasteiger partial charge in [-0.2, -0.15) is 0 Å². The molecule has 120 valence electrons. The molecule has 0 saturated carbocycles. The van der Waals surface area contributed by atoms with Gasteiger partial charge >= 0.3 is 0 Å². The average Bonchev–Trinajstić information content (AvgIpc) is 2.34. The molecule has 0 spiro atoms. The minimum atomic E-state index is -2.99. The molecule has 0 amide bonds. The molecule has 1 rings (SSSR count). The molecule has 0 aromatic heterocycles. The van der Waals surface area contributed by atoms with Crippen LogP contribution >= 0.6 is 24.0 Å². The van der Waals surface area contributed by atoms with Gasteiger partial charge in [0.05, 0.1) is 12.9 Å². The van der Waals surface area contributed by atoms with Gasteiger partial charge in [0, 0.05) is 24.6 Å². The van der Waals surface area contributed by atoms with E-state index in [9.17, 15) is 12.8 Å². The van der Waals surface area contributed by atoms with Gasteiger partial charge in [-0.05, 0) is 18.6 Å². The average molecular weight is 431 g/mol. The van der Waals surface area contributed by atoms with E-state index in [2.05, 4.69) is 10.3 Å². The highest BCUT2D eigenvalue weighted by molar-refractivity contribution is 14.0. The van der Waals surface area contributed by atoms with Gasteiger partial charge in [-0.1, -0.05) is 0 Å². The monoisotopic (exact) mass is 431 g/mol. The number of hydrogen-bond acceptors (Lipinski definition) is 4. The fourth-order valence-electron chi connectivity index (χ4n) is 1.46. The largest absolute Gasteiger partial charge is 0.494 e. The summed E-state index contributed by atoms with van der Waals surface area (Å²) in [5, 5.41) is 2.71. The van der Waals surface area contributed by atoms with Crippen molar-refractivity contribution in [1.29, 1.82) is 0 Å². The van der Waals surface area contributed by atoms with Crippen molar-refractivity contribution in [3.63, 3.8) is 0 Å². The lowest BCUT2D eigenvalue weighted by molar-refractivity contribution is 0.387. The van der Waals surface area contributed by atoms with E-state index in [1.54, 1.807) is 6.07 Å². The molecule has 0 saturated heterocycles. The van der Waals surface area contributed by atoms with E-state index in [-0.39, 0.29) is 48.0 Å². The Morgan fingerprint density at radius 1 is 1.48 bits per heavy atom. The van der Waals surface area contributed by atoms with Gasteiger partial charge in [0.1, 0.15) is 9.84 Å². The molecule has 6 nitrogen and oxygen atoms in total. The Morgan fingerprint density at radius 2 is 2.14 bits per heavy atom. The zero-order chi connectivity index (χ0) is 15.2. The summed E-state index contributed by atoms with van der Waals surface area (Å²) in [6, 6.07) is 4.30. The van der Waals surface area contributed by atoms with E-state index in [1.165, 1.54) is 25.5 Å². The maximum atomic E-state index is 13.4. The fraction of sp³-hybridized carbons (Fsp3) is 0.417. The topological polar surface area (TPSA) is 93.8 Å². The Hall–Kier alpha value is -1.10. The molecular formula is C12H19FIN3O3S. The predicted molar refractivity (Wildman–Crippen MR) is 92.8 cm³/mol. The third kappa shape index (κ3) is 8.05. The number of anilines is 1. The minimum absolute atomic E-state index is 0. The number of nitrogens with zero attached hydrogens (tertiary/aromatic N) is 1. The van der Waals surface area contributed by atoms with Crippen LogP contribution in [0, 0.1) is 5.82 Å². The molecule has 0 aliphatic heterocycles. The first-order chi connectivity index (χ1) is 9.31. The van der Waals surface area contributed by atoms with Gasteiger partial charge in [-0.25, -0.2) is 12.8 Å². The van der Waals surface area contributed by atoms with Crippen LogP contribution in [-0.2, 0) is 9.84 Å². The highest BCUT2D eigenvalue weighted by Gasteiger charge is 2.04. The number of aliphatic imine (C=N–C) groups is 1. The van der Waals surface area contributed by atoms with Crippen LogP contribution in [0.3, 0.4) is 0 Å². The van der Waals surface area contributed by atoms with Crippen LogP contribution in [0.15, 0.2) is 23.2 Å². The van der Waals surface area contributed by atoms with E-state index in [0.29, 0.717) is 12.1 Å². The Bertz CT molecular complexity index is 593. The van der Waals surface area contributed by atoms with Crippen LogP contribution in [0.4, 0.5) is 10.1 Å². The van der Waals surface area contributed by atoms with Gasteiger partial charge in [0.2, 0.25) is 0 Å². The molecule has 21 heavy (non-hydrogen) atoms. The Balaban J connectivity index is 0.00000400. The number of ether oxygens (including phenoxy) is 1. The van der Waals surface area contributed by atoms with Crippen molar-refractivity contribution >= 4 is 45.5 Å². The number of hydrogen-bond donors (Lipinski definition) is 2. The van der Waals surface area contributed by atoms with E-state index < -0.39 is 15.7 Å². The number of sulfone groups is 1. The summed E-state index contributed by atoms with van der Waals surface area (Å²) in [4.78, 5) is 3.96. The number of methoxy groups -OCH3 is 1. The Morgan fingerprint density at radius 3 is 2.67 bits per heavy atom. The molecule has 0 fully saturated rings. The molecule has 0 aliphatic carbocycles. The van der Waals surface area contributed by atoms with Crippen LogP contribution in [0.2, 0.25) is 0 Å². The normalized spacial score (nSPS) is 11.7. The van der Waals surface area contributed by atoms with Gasteiger partial charge < -0.3 is 15.8 Å². The van der Waals surface area contributed by atoms with Crippen LogP contribution in [0.25, 0.3) is 0 Å². The van der Waals surface area contributed by atoms with Crippen molar-refractivity contribution in [2.75, 3.05) is 31.0 Å². The summed E-state index contributed by atoms with van der Waals surface area (Å²) >= 11 is 0. The molecule has 3 N–H and O–H groups in total. The second-order valence-electron chi connectivity index (χ2n) is 4.22. The molecule has 1 aromatic carbocycles. The van der Waals surface area contributed by atoms with Gasteiger partial charge in [0.25, 0.3) is 0 Å². The van der Waals surface area contributed by atoms with E-state index in [1.807, 2.05) is 0 Å². The van der Waals surface area contributed by atoms with Crippen molar-refractivity contribution in [1.82, 2.24) is 0 Å². The lowest BCUT2D eigenvalue weighted by Gasteiger charge is -2.07. The fourth-order valence-corrected chi connectivity index (χ4v) is 2.11. The van der Waals surface area contributed by atoms with E-state index >= 15 is 0 Å². The van der Waals surface area contributed by atoms with Gasteiger partial charge in [-0.3, -0.25) is 4.99 Å². The van der Waals surface area contributed by atoms with Crippen LogP contribution in [0.5, 0.6) is 5.75 Å². The summed E-state index contributed by atoms with van der Waals surface area (Å²) < 4.78 is 40.1. The molecule has 1 aromatic rings. The Labute approximate surface area is 140 Å². The predicted octanol–water partition coefficient (Wildman–Crippen LogP) is 1.61. The number of benzene rings is 1. The molecule has 0 atom stereocenters. The minimum Gasteiger partial charge on any atom is -0.494 e. The van der Waals surface area contributed by atoms with Crippen LogP contribution < -0.4 is 15.8 Å². The van der Waals surface area contributed by atoms with E-state index in [4.69, 9.17) is 10.5 Å². The molecule has 0 heterocycles. The second kappa shape index (κ2) is 9.03. The molecule has 0 aliphatic rings. The second-order valence-corrected chi connectivity index (χ2v) is 6.48. The highest BCUT2D eigenvalue weighted by Crippen LogP contribution is 2.20. The van der Waals surface area contributed by atoms with Crippen molar-refractivity contribution in [3.05, 3.63) is 24.0 Å². The molecule has 0 unspecified atom stereocenters. The zero-order valence-corrected chi connectivity index (χ0v) is 14.9. The lowest BCUT2D eigenvalue weighted by atomic mass is 10.3. The number of rotatable bonds is 6.